The third-order valence-electron chi connectivity index (χ3n) is 3.73. The third kappa shape index (κ3) is 2.63. The number of rotatable bonds is 2. The first kappa shape index (κ1) is 14.8. The van der Waals surface area contributed by atoms with Crippen LogP contribution in [0.5, 0.6) is 0 Å². The molecule has 3 heterocycles. The zero-order chi connectivity index (χ0) is 15.8. The van der Waals surface area contributed by atoms with Crippen molar-refractivity contribution >= 4 is 12.2 Å². The lowest BCUT2D eigenvalue weighted by Gasteiger charge is -2.29. The van der Waals surface area contributed by atoms with Crippen LogP contribution in [0.3, 0.4) is 0 Å². The van der Waals surface area contributed by atoms with E-state index in [2.05, 4.69) is 20.3 Å². The number of hydrogen-bond acceptors (Lipinski definition) is 6. The number of anilines is 1. The fourth-order valence-corrected chi connectivity index (χ4v) is 2.59. The van der Waals surface area contributed by atoms with Crippen LogP contribution in [0.2, 0.25) is 0 Å². The van der Waals surface area contributed by atoms with Gasteiger partial charge in [0.05, 0.1) is 5.56 Å². The summed E-state index contributed by atoms with van der Waals surface area (Å²) in [6.07, 6.45) is 3.88. The normalized spacial score (nSPS) is 28.0. The van der Waals surface area contributed by atoms with Crippen molar-refractivity contribution in [3.05, 3.63) is 30.2 Å². The van der Waals surface area contributed by atoms with Crippen LogP contribution in [0.1, 0.15) is 18.4 Å². The molecule has 0 aromatic carbocycles. The Hall–Kier alpha value is -2.16. The molecule has 9 heteroatoms. The smallest absolute Gasteiger partial charge is 0.351 e. The maximum atomic E-state index is 13.0. The number of aliphatic imine (C=N–C) groups is 1. The van der Waals surface area contributed by atoms with Crippen LogP contribution in [0.15, 0.2) is 29.7 Å². The highest BCUT2D eigenvalue weighted by molar-refractivity contribution is 5.72. The number of hydrogen-bond donors (Lipinski definition) is 2. The Morgan fingerprint density at radius 2 is 2.05 bits per heavy atom. The quantitative estimate of drug-likeness (QED) is 0.859. The minimum atomic E-state index is -4.28. The standard InChI is InChI=1S/C13H15F3N6/c14-12(15,16)10-3-1-6-22(10)11-18-7-9(8-19-11)13(17)20-4-2-5-21-13/h2,4-5,7-8,10,20H,1,3,6,17H2/t10?,13-/m1/s1. The SMILES string of the molecule is N[C@@]1(c2cnc(N3CCCC3C(F)(F)F)nc2)N=CC=CN1. The summed E-state index contributed by atoms with van der Waals surface area (Å²) in [5, 5.41) is 2.86. The number of allylic oxidation sites excluding steroid dienone is 1. The Kier molecular flexibility index (Phi) is 3.51. The van der Waals surface area contributed by atoms with Crippen LogP contribution in [0.25, 0.3) is 0 Å². The molecule has 1 fully saturated rings. The molecule has 22 heavy (non-hydrogen) atoms. The van der Waals surface area contributed by atoms with Crippen LogP contribution >= 0.6 is 0 Å². The molecule has 0 aliphatic carbocycles. The van der Waals surface area contributed by atoms with Gasteiger partial charge in [-0.2, -0.15) is 13.2 Å². The van der Waals surface area contributed by atoms with Gasteiger partial charge in [-0.05, 0) is 18.9 Å². The van der Waals surface area contributed by atoms with Crippen molar-refractivity contribution in [2.24, 2.45) is 10.7 Å². The van der Waals surface area contributed by atoms with Crippen molar-refractivity contribution in [1.29, 1.82) is 0 Å². The van der Waals surface area contributed by atoms with E-state index in [1.165, 1.54) is 23.5 Å². The zero-order valence-electron chi connectivity index (χ0n) is 11.6. The van der Waals surface area contributed by atoms with Crippen molar-refractivity contribution in [2.45, 2.75) is 30.8 Å². The molecule has 1 aromatic rings. The minimum absolute atomic E-state index is 0.0579. The van der Waals surface area contributed by atoms with E-state index in [9.17, 15) is 13.2 Å². The monoisotopic (exact) mass is 312 g/mol. The predicted octanol–water partition coefficient (Wildman–Crippen LogP) is 1.26. The number of aromatic nitrogens is 2. The summed E-state index contributed by atoms with van der Waals surface area (Å²) in [6, 6.07) is -1.53. The maximum Gasteiger partial charge on any atom is 0.408 e. The highest BCUT2D eigenvalue weighted by Gasteiger charge is 2.46. The molecule has 6 nitrogen and oxygen atoms in total. The first-order chi connectivity index (χ1) is 10.4. The molecule has 0 bridgehead atoms. The van der Waals surface area contributed by atoms with E-state index in [-0.39, 0.29) is 18.9 Å². The molecule has 3 rings (SSSR count). The van der Waals surface area contributed by atoms with E-state index in [0.717, 1.165) is 0 Å². The van der Waals surface area contributed by atoms with Crippen LogP contribution < -0.4 is 16.0 Å². The molecular weight excluding hydrogens is 297 g/mol. The topological polar surface area (TPSA) is 79.4 Å². The van der Waals surface area contributed by atoms with Gasteiger partial charge in [0.15, 0.2) is 0 Å². The van der Waals surface area contributed by atoms with Crippen molar-refractivity contribution in [3.63, 3.8) is 0 Å². The van der Waals surface area contributed by atoms with Gasteiger partial charge in [-0.3, -0.25) is 5.73 Å². The summed E-state index contributed by atoms with van der Waals surface area (Å²) in [4.78, 5) is 13.4. The van der Waals surface area contributed by atoms with Gasteiger partial charge in [0.1, 0.15) is 6.04 Å². The summed E-state index contributed by atoms with van der Waals surface area (Å²) in [7, 11) is 0. The Morgan fingerprint density at radius 1 is 1.32 bits per heavy atom. The van der Waals surface area contributed by atoms with Crippen molar-refractivity contribution in [1.82, 2.24) is 15.3 Å². The van der Waals surface area contributed by atoms with Crippen molar-refractivity contribution in [3.8, 4) is 0 Å². The van der Waals surface area contributed by atoms with Gasteiger partial charge < -0.3 is 10.2 Å². The Labute approximate surface area is 124 Å². The molecule has 0 amide bonds. The van der Waals surface area contributed by atoms with Crippen LogP contribution in [-0.4, -0.2) is 34.9 Å². The predicted molar refractivity (Wildman–Crippen MR) is 75.1 cm³/mol. The largest absolute Gasteiger partial charge is 0.408 e. The molecular formula is C13H15F3N6. The molecule has 2 atom stereocenters. The number of nitrogens with two attached hydrogens (primary N) is 1. The molecule has 2 aliphatic heterocycles. The Morgan fingerprint density at radius 3 is 2.64 bits per heavy atom. The van der Waals surface area contributed by atoms with Crippen LogP contribution in [-0.2, 0) is 5.79 Å². The highest BCUT2D eigenvalue weighted by Crippen LogP contribution is 2.34. The first-order valence-corrected chi connectivity index (χ1v) is 6.83. The molecule has 1 aromatic heterocycles. The fraction of sp³-hybridized carbons (Fsp3) is 0.462. The van der Waals surface area contributed by atoms with Gasteiger partial charge in [-0.1, -0.05) is 0 Å². The van der Waals surface area contributed by atoms with Gasteiger partial charge in [-0.25, -0.2) is 15.0 Å². The Bertz CT molecular complexity index is 597. The molecule has 1 saturated heterocycles. The minimum Gasteiger partial charge on any atom is -0.351 e. The average molecular weight is 312 g/mol. The number of nitrogens with zero attached hydrogens (tertiary/aromatic N) is 4. The Balaban J connectivity index is 1.83. The third-order valence-corrected chi connectivity index (χ3v) is 3.73. The molecule has 0 saturated carbocycles. The lowest BCUT2D eigenvalue weighted by Crippen LogP contribution is -2.48. The summed E-state index contributed by atoms with van der Waals surface area (Å²) in [6.45, 7) is 0.288. The number of alkyl halides is 3. The number of nitrogens with one attached hydrogen (secondary N) is 1. The summed E-state index contributed by atoms with van der Waals surface area (Å²) in [5.74, 6) is -1.13. The van der Waals surface area contributed by atoms with Crippen LogP contribution in [0, 0.1) is 0 Å². The van der Waals surface area contributed by atoms with E-state index in [4.69, 9.17) is 5.73 Å². The van der Waals surface area contributed by atoms with E-state index >= 15 is 0 Å². The van der Waals surface area contributed by atoms with Gasteiger partial charge in [0.25, 0.3) is 0 Å². The van der Waals surface area contributed by atoms with E-state index in [1.807, 2.05) is 0 Å². The highest BCUT2D eigenvalue weighted by atomic mass is 19.4. The van der Waals surface area contributed by atoms with Gasteiger partial charge in [0.2, 0.25) is 11.7 Å². The summed E-state index contributed by atoms with van der Waals surface area (Å²) < 4.78 is 38.9. The van der Waals surface area contributed by atoms with E-state index < -0.39 is 18.0 Å². The number of halogens is 3. The van der Waals surface area contributed by atoms with E-state index in [1.54, 1.807) is 12.3 Å². The van der Waals surface area contributed by atoms with Crippen molar-refractivity contribution < 1.29 is 13.2 Å². The van der Waals surface area contributed by atoms with Gasteiger partial charge in [-0.15, -0.1) is 0 Å². The second-order valence-electron chi connectivity index (χ2n) is 5.21. The second-order valence-corrected chi connectivity index (χ2v) is 5.21. The lowest BCUT2D eigenvalue weighted by molar-refractivity contribution is -0.146. The molecule has 0 radical (unpaired) electrons. The fourth-order valence-electron chi connectivity index (χ4n) is 2.59. The average Bonchev–Trinajstić information content (AvgIpc) is 2.98. The van der Waals surface area contributed by atoms with Gasteiger partial charge >= 0.3 is 6.18 Å². The van der Waals surface area contributed by atoms with E-state index in [0.29, 0.717) is 12.0 Å². The molecule has 0 spiro atoms. The molecule has 1 unspecified atom stereocenters. The second kappa shape index (κ2) is 5.24. The van der Waals surface area contributed by atoms with Crippen LogP contribution in [0.4, 0.5) is 19.1 Å². The molecule has 3 N–H and O–H groups in total. The lowest BCUT2D eigenvalue weighted by atomic mass is 10.2. The molecule has 118 valence electrons. The zero-order valence-corrected chi connectivity index (χ0v) is 11.6. The molecule has 2 aliphatic rings. The summed E-state index contributed by atoms with van der Waals surface area (Å²) >= 11 is 0. The maximum absolute atomic E-state index is 13.0. The first-order valence-electron chi connectivity index (χ1n) is 6.83. The van der Waals surface area contributed by atoms with Crippen molar-refractivity contribution in [2.75, 3.05) is 11.4 Å². The summed E-state index contributed by atoms with van der Waals surface area (Å²) in [5.41, 5.74) is 6.52. The van der Waals surface area contributed by atoms with Gasteiger partial charge in [0, 0.05) is 31.4 Å².